The molecule has 1 aromatic heterocycles. The third-order valence-electron chi connectivity index (χ3n) is 2.74. The second kappa shape index (κ2) is 4.62. The first kappa shape index (κ1) is 11.1. The van der Waals surface area contributed by atoms with Crippen molar-refractivity contribution in [2.45, 2.75) is 32.2 Å². The fourth-order valence-corrected chi connectivity index (χ4v) is 2.64. The quantitative estimate of drug-likeness (QED) is 0.747. The molecule has 0 radical (unpaired) electrons. The number of aryl methyl sites for hydroxylation is 1. The van der Waals surface area contributed by atoms with Gasteiger partial charge < -0.3 is 4.90 Å². The van der Waals surface area contributed by atoms with Crippen LogP contribution in [-0.2, 0) is 0 Å². The van der Waals surface area contributed by atoms with Gasteiger partial charge in [-0.1, -0.05) is 0 Å². The molecular formula is C11H13N3OS. The van der Waals surface area contributed by atoms with Crippen LogP contribution in [0.25, 0.3) is 0 Å². The molecule has 0 N–H and O–H groups in total. The van der Waals surface area contributed by atoms with E-state index in [1.165, 1.54) is 11.3 Å². The van der Waals surface area contributed by atoms with Crippen molar-refractivity contribution < 1.29 is 4.79 Å². The Balaban J connectivity index is 2.17. The fourth-order valence-electron chi connectivity index (χ4n) is 1.91. The standard InChI is InChI=1S/C11H13N3OS/c1-8-13-7-10(16-8)11(15)14-5-3-2-4-9(14)6-12/h7,9H,2-5H2,1H3. The molecule has 1 amide bonds. The Morgan fingerprint density at radius 3 is 3.12 bits per heavy atom. The molecule has 2 heterocycles. The number of rotatable bonds is 1. The van der Waals surface area contributed by atoms with Crippen LogP contribution in [0, 0.1) is 18.3 Å². The molecule has 1 saturated heterocycles. The van der Waals surface area contributed by atoms with Gasteiger partial charge in [0.1, 0.15) is 10.9 Å². The lowest BCUT2D eigenvalue weighted by Crippen LogP contribution is -2.42. The van der Waals surface area contributed by atoms with Crippen molar-refractivity contribution in [1.29, 1.82) is 5.26 Å². The minimum absolute atomic E-state index is 0.0446. The van der Waals surface area contributed by atoms with Gasteiger partial charge in [0.2, 0.25) is 0 Å². The second-order valence-electron chi connectivity index (χ2n) is 3.88. The first-order valence-electron chi connectivity index (χ1n) is 5.35. The number of nitrogens with zero attached hydrogens (tertiary/aromatic N) is 3. The summed E-state index contributed by atoms with van der Waals surface area (Å²) in [6.45, 7) is 2.56. The van der Waals surface area contributed by atoms with Crippen molar-refractivity contribution >= 4 is 17.2 Å². The maximum absolute atomic E-state index is 12.1. The lowest BCUT2D eigenvalue weighted by Gasteiger charge is -2.30. The summed E-state index contributed by atoms with van der Waals surface area (Å²) in [5, 5.41) is 9.89. The summed E-state index contributed by atoms with van der Waals surface area (Å²) in [5.41, 5.74) is 0. The highest BCUT2D eigenvalue weighted by atomic mass is 32.1. The summed E-state index contributed by atoms with van der Waals surface area (Å²) in [4.78, 5) is 18.5. The summed E-state index contributed by atoms with van der Waals surface area (Å²) in [6.07, 6.45) is 4.41. The molecule has 0 saturated carbocycles. The van der Waals surface area contributed by atoms with Gasteiger partial charge in [-0.2, -0.15) is 5.26 Å². The third-order valence-corrected chi connectivity index (χ3v) is 3.65. The zero-order chi connectivity index (χ0) is 11.5. The van der Waals surface area contributed by atoms with E-state index in [0.29, 0.717) is 11.4 Å². The number of carbonyl (C=O) groups is 1. The van der Waals surface area contributed by atoms with E-state index in [-0.39, 0.29) is 11.9 Å². The number of piperidine rings is 1. The van der Waals surface area contributed by atoms with E-state index in [2.05, 4.69) is 11.1 Å². The molecule has 5 heteroatoms. The van der Waals surface area contributed by atoms with E-state index in [1.807, 2.05) is 6.92 Å². The molecule has 4 nitrogen and oxygen atoms in total. The average molecular weight is 235 g/mol. The molecule has 1 aromatic rings. The largest absolute Gasteiger partial charge is 0.322 e. The first-order valence-corrected chi connectivity index (χ1v) is 6.17. The molecule has 1 aliphatic rings. The number of hydrogen-bond acceptors (Lipinski definition) is 4. The lowest BCUT2D eigenvalue weighted by molar-refractivity contribution is 0.0675. The van der Waals surface area contributed by atoms with Crippen LogP contribution in [0.2, 0.25) is 0 Å². The van der Waals surface area contributed by atoms with Crippen molar-refractivity contribution in [3.63, 3.8) is 0 Å². The molecule has 0 aromatic carbocycles. The second-order valence-corrected chi connectivity index (χ2v) is 5.12. The smallest absolute Gasteiger partial charge is 0.266 e. The Morgan fingerprint density at radius 2 is 2.50 bits per heavy atom. The molecule has 1 fully saturated rings. The van der Waals surface area contributed by atoms with Crippen molar-refractivity contribution in [2.75, 3.05) is 6.54 Å². The molecule has 0 aliphatic carbocycles. The number of nitriles is 1. The van der Waals surface area contributed by atoms with Crippen molar-refractivity contribution in [1.82, 2.24) is 9.88 Å². The van der Waals surface area contributed by atoms with Gasteiger partial charge in [0.15, 0.2) is 0 Å². The van der Waals surface area contributed by atoms with Crippen LogP contribution < -0.4 is 0 Å². The Bertz CT molecular complexity index is 435. The van der Waals surface area contributed by atoms with Crippen LogP contribution in [0.5, 0.6) is 0 Å². The molecule has 1 unspecified atom stereocenters. The number of hydrogen-bond donors (Lipinski definition) is 0. The first-order chi connectivity index (χ1) is 7.72. The lowest BCUT2D eigenvalue weighted by atomic mass is 10.0. The topological polar surface area (TPSA) is 57.0 Å². The van der Waals surface area contributed by atoms with E-state index in [9.17, 15) is 4.79 Å². The predicted molar refractivity (Wildman–Crippen MR) is 61.1 cm³/mol. The molecule has 2 rings (SSSR count). The molecule has 0 spiro atoms. The van der Waals surface area contributed by atoms with E-state index in [1.54, 1.807) is 11.1 Å². The normalized spacial score (nSPS) is 20.5. The number of amides is 1. The van der Waals surface area contributed by atoms with Crippen molar-refractivity contribution in [3.05, 3.63) is 16.1 Å². The molecular weight excluding hydrogens is 222 g/mol. The third kappa shape index (κ3) is 2.07. The highest BCUT2D eigenvalue weighted by molar-refractivity contribution is 7.13. The summed E-state index contributed by atoms with van der Waals surface area (Å²) in [6, 6.07) is 1.94. The Labute approximate surface area is 98.5 Å². The van der Waals surface area contributed by atoms with Gasteiger partial charge in [0.25, 0.3) is 5.91 Å². The molecule has 84 valence electrons. The predicted octanol–water partition coefficient (Wildman–Crippen LogP) is 1.97. The van der Waals surface area contributed by atoms with Gasteiger partial charge in [-0.15, -0.1) is 11.3 Å². The highest BCUT2D eigenvalue weighted by Crippen LogP contribution is 2.21. The van der Waals surface area contributed by atoms with Gasteiger partial charge in [-0.05, 0) is 26.2 Å². The number of aromatic nitrogens is 1. The van der Waals surface area contributed by atoms with Gasteiger partial charge in [0.05, 0.1) is 17.3 Å². The van der Waals surface area contributed by atoms with Gasteiger partial charge >= 0.3 is 0 Å². The number of carbonyl (C=O) groups excluding carboxylic acids is 1. The summed E-state index contributed by atoms with van der Waals surface area (Å²) >= 11 is 1.39. The van der Waals surface area contributed by atoms with Crippen LogP contribution in [0.4, 0.5) is 0 Å². The molecule has 16 heavy (non-hydrogen) atoms. The summed E-state index contributed by atoms with van der Waals surface area (Å²) < 4.78 is 0. The van der Waals surface area contributed by atoms with E-state index < -0.39 is 0 Å². The van der Waals surface area contributed by atoms with Crippen LogP contribution in [0.3, 0.4) is 0 Å². The van der Waals surface area contributed by atoms with Gasteiger partial charge in [-0.3, -0.25) is 4.79 Å². The zero-order valence-corrected chi connectivity index (χ0v) is 9.96. The molecule has 1 atom stereocenters. The van der Waals surface area contributed by atoms with Crippen LogP contribution in [0.15, 0.2) is 6.20 Å². The van der Waals surface area contributed by atoms with Crippen LogP contribution in [-0.4, -0.2) is 28.4 Å². The van der Waals surface area contributed by atoms with E-state index >= 15 is 0 Å². The minimum atomic E-state index is -0.261. The Morgan fingerprint density at radius 1 is 1.69 bits per heavy atom. The van der Waals surface area contributed by atoms with Crippen molar-refractivity contribution in [3.8, 4) is 6.07 Å². The van der Waals surface area contributed by atoms with Gasteiger partial charge in [0, 0.05) is 6.54 Å². The number of likely N-dealkylation sites (tertiary alicyclic amines) is 1. The average Bonchev–Trinajstić information content (AvgIpc) is 2.75. The summed E-state index contributed by atoms with van der Waals surface area (Å²) in [5.74, 6) is -0.0446. The Kier molecular flexibility index (Phi) is 3.20. The SMILES string of the molecule is Cc1ncc(C(=O)N2CCCCC2C#N)s1. The van der Waals surface area contributed by atoms with Crippen LogP contribution >= 0.6 is 11.3 Å². The highest BCUT2D eigenvalue weighted by Gasteiger charge is 2.28. The van der Waals surface area contributed by atoms with Crippen molar-refractivity contribution in [2.24, 2.45) is 0 Å². The van der Waals surface area contributed by atoms with Crippen LogP contribution in [0.1, 0.15) is 33.9 Å². The van der Waals surface area contributed by atoms with E-state index in [0.717, 1.165) is 24.3 Å². The maximum Gasteiger partial charge on any atom is 0.266 e. The fraction of sp³-hybridized carbons (Fsp3) is 0.545. The maximum atomic E-state index is 12.1. The Hall–Kier alpha value is -1.41. The summed E-state index contributed by atoms with van der Waals surface area (Å²) in [7, 11) is 0. The minimum Gasteiger partial charge on any atom is -0.322 e. The van der Waals surface area contributed by atoms with E-state index in [4.69, 9.17) is 5.26 Å². The van der Waals surface area contributed by atoms with Gasteiger partial charge in [-0.25, -0.2) is 4.98 Å². The molecule has 0 bridgehead atoms. The zero-order valence-electron chi connectivity index (χ0n) is 9.14. The number of thiazole rings is 1. The molecule has 1 aliphatic heterocycles. The monoisotopic (exact) mass is 235 g/mol.